The highest BCUT2D eigenvalue weighted by atomic mass is 16.5. The minimum absolute atomic E-state index is 0.0523. The molecule has 1 aromatic carbocycles. The third-order valence-corrected chi connectivity index (χ3v) is 5.28. The zero-order valence-corrected chi connectivity index (χ0v) is 15.0. The van der Waals surface area contributed by atoms with Crippen molar-refractivity contribution in [1.82, 2.24) is 10.2 Å². The summed E-state index contributed by atoms with van der Waals surface area (Å²) in [6.07, 6.45) is 6.32. The van der Waals surface area contributed by atoms with Crippen LogP contribution in [-0.2, 0) is 16.0 Å². The van der Waals surface area contributed by atoms with Crippen LogP contribution in [0.15, 0.2) is 24.3 Å². The van der Waals surface area contributed by atoms with E-state index < -0.39 is 0 Å². The number of ether oxygens (including phenoxy) is 1. The number of hydrogen-bond acceptors (Lipinski definition) is 4. The number of carbonyl (C=O) groups excluding carboxylic acids is 1. The predicted molar refractivity (Wildman–Crippen MR) is 97.4 cm³/mol. The van der Waals surface area contributed by atoms with Crippen LogP contribution in [0.4, 0.5) is 0 Å². The maximum atomic E-state index is 12.5. The highest BCUT2D eigenvalue weighted by Crippen LogP contribution is 2.34. The first kappa shape index (κ1) is 18.4. The average Bonchev–Trinajstić information content (AvgIpc) is 3.16. The molecule has 1 saturated heterocycles. The monoisotopic (exact) mass is 346 g/mol. The fourth-order valence-corrected chi connectivity index (χ4v) is 4.00. The third-order valence-electron chi connectivity index (χ3n) is 5.28. The fraction of sp³-hybridized carbons (Fsp3) is 0.650. The van der Waals surface area contributed by atoms with Gasteiger partial charge in [-0.05, 0) is 49.7 Å². The van der Waals surface area contributed by atoms with Crippen LogP contribution >= 0.6 is 0 Å². The van der Waals surface area contributed by atoms with Gasteiger partial charge in [-0.25, -0.2) is 0 Å². The van der Waals surface area contributed by atoms with E-state index in [1.54, 1.807) is 0 Å². The van der Waals surface area contributed by atoms with E-state index in [1.807, 2.05) is 0 Å². The number of aliphatic hydroxyl groups is 1. The van der Waals surface area contributed by atoms with Crippen LogP contribution in [0.3, 0.4) is 0 Å². The van der Waals surface area contributed by atoms with Crippen molar-refractivity contribution in [3.8, 4) is 0 Å². The molecule has 5 nitrogen and oxygen atoms in total. The number of nitrogens with zero attached hydrogens (tertiary/aromatic N) is 1. The standard InChI is InChI=1S/C20H30N2O3/c23-12-5-11-22(15-20(24)21-14-17-8-4-13-25-17)19-10-3-7-16-6-1-2-9-18(16)19/h1-2,6,9,17,19,23H,3-5,7-8,10-15H2,(H,21,24). The first-order valence-corrected chi connectivity index (χ1v) is 9.59. The lowest BCUT2D eigenvalue weighted by molar-refractivity contribution is -0.123. The largest absolute Gasteiger partial charge is 0.396 e. The van der Waals surface area contributed by atoms with E-state index in [4.69, 9.17) is 4.74 Å². The van der Waals surface area contributed by atoms with E-state index in [2.05, 4.69) is 34.5 Å². The van der Waals surface area contributed by atoms with Gasteiger partial charge in [0.2, 0.25) is 5.91 Å². The van der Waals surface area contributed by atoms with Crippen LogP contribution in [0, 0.1) is 0 Å². The van der Waals surface area contributed by atoms with Gasteiger partial charge in [0, 0.05) is 32.3 Å². The van der Waals surface area contributed by atoms with Crippen molar-refractivity contribution in [3.63, 3.8) is 0 Å². The van der Waals surface area contributed by atoms with E-state index in [-0.39, 0.29) is 24.7 Å². The average molecular weight is 346 g/mol. The van der Waals surface area contributed by atoms with E-state index >= 15 is 0 Å². The molecule has 3 rings (SSSR count). The number of hydrogen-bond donors (Lipinski definition) is 2. The molecule has 2 unspecified atom stereocenters. The Labute approximate surface area is 150 Å². The summed E-state index contributed by atoms with van der Waals surface area (Å²) < 4.78 is 5.57. The van der Waals surface area contributed by atoms with Crippen LogP contribution in [0.1, 0.15) is 49.3 Å². The maximum absolute atomic E-state index is 12.5. The zero-order chi connectivity index (χ0) is 17.5. The minimum atomic E-state index is 0.0523. The van der Waals surface area contributed by atoms with Gasteiger partial charge in [0.15, 0.2) is 0 Å². The molecule has 2 N–H and O–H groups in total. The Balaban J connectivity index is 1.62. The van der Waals surface area contributed by atoms with Gasteiger partial charge >= 0.3 is 0 Å². The molecule has 0 bridgehead atoms. The van der Waals surface area contributed by atoms with Gasteiger partial charge < -0.3 is 15.2 Å². The van der Waals surface area contributed by atoms with Crippen molar-refractivity contribution in [2.75, 3.05) is 32.8 Å². The second-order valence-corrected chi connectivity index (χ2v) is 7.09. The highest BCUT2D eigenvalue weighted by molar-refractivity contribution is 5.78. The van der Waals surface area contributed by atoms with E-state index in [0.717, 1.165) is 45.3 Å². The molecule has 0 radical (unpaired) electrons. The number of nitrogens with one attached hydrogen (secondary N) is 1. The molecule has 0 saturated carbocycles. The Kier molecular flexibility index (Phi) is 6.84. The second-order valence-electron chi connectivity index (χ2n) is 7.09. The highest BCUT2D eigenvalue weighted by Gasteiger charge is 2.27. The molecule has 138 valence electrons. The molecular weight excluding hydrogens is 316 g/mol. The zero-order valence-electron chi connectivity index (χ0n) is 15.0. The van der Waals surface area contributed by atoms with Crippen LogP contribution < -0.4 is 5.32 Å². The van der Waals surface area contributed by atoms with Crippen molar-refractivity contribution < 1.29 is 14.6 Å². The second kappa shape index (κ2) is 9.32. The summed E-state index contributed by atoms with van der Waals surface area (Å²) in [5.74, 6) is 0.0523. The number of aliphatic hydroxyl groups excluding tert-OH is 1. The molecule has 2 aliphatic rings. The Hall–Kier alpha value is -1.43. The first-order chi connectivity index (χ1) is 12.3. The van der Waals surface area contributed by atoms with Gasteiger partial charge in [0.1, 0.15) is 0 Å². The summed E-state index contributed by atoms with van der Waals surface area (Å²) in [5.41, 5.74) is 2.74. The molecular formula is C20H30N2O3. The minimum Gasteiger partial charge on any atom is -0.396 e. The summed E-state index contributed by atoms with van der Waals surface area (Å²) in [5, 5.41) is 12.3. The van der Waals surface area contributed by atoms with Crippen LogP contribution in [0.5, 0.6) is 0 Å². The van der Waals surface area contributed by atoms with Crippen LogP contribution in [0.25, 0.3) is 0 Å². The summed E-state index contributed by atoms with van der Waals surface area (Å²) in [6.45, 7) is 2.69. The topological polar surface area (TPSA) is 61.8 Å². The molecule has 1 aliphatic carbocycles. The van der Waals surface area contributed by atoms with Gasteiger partial charge in [-0.1, -0.05) is 24.3 Å². The quantitative estimate of drug-likeness (QED) is 0.756. The Morgan fingerprint density at radius 2 is 2.16 bits per heavy atom. The number of carbonyl (C=O) groups is 1. The van der Waals surface area contributed by atoms with Crippen molar-refractivity contribution in [3.05, 3.63) is 35.4 Å². The lowest BCUT2D eigenvalue weighted by Gasteiger charge is -2.35. The molecule has 2 atom stereocenters. The van der Waals surface area contributed by atoms with Crippen molar-refractivity contribution in [2.24, 2.45) is 0 Å². The summed E-state index contributed by atoms with van der Waals surface area (Å²) >= 11 is 0. The number of fused-ring (bicyclic) bond motifs is 1. The van der Waals surface area contributed by atoms with Crippen LogP contribution in [0.2, 0.25) is 0 Å². The Bertz CT molecular complexity index is 558. The summed E-state index contributed by atoms with van der Waals surface area (Å²) in [7, 11) is 0. The Morgan fingerprint density at radius 3 is 2.96 bits per heavy atom. The molecule has 25 heavy (non-hydrogen) atoms. The van der Waals surface area contributed by atoms with Gasteiger partial charge in [0.05, 0.1) is 12.6 Å². The third kappa shape index (κ3) is 5.03. The summed E-state index contributed by atoms with van der Waals surface area (Å²) in [4.78, 5) is 14.7. The molecule has 1 fully saturated rings. The van der Waals surface area contributed by atoms with E-state index in [0.29, 0.717) is 19.5 Å². The predicted octanol–water partition coefficient (Wildman–Crippen LogP) is 2.04. The normalized spacial score (nSPS) is 22.8. The van der Waals surface area contributed by atoms with Gasteiger partial charge in [-0.3, -0.25) is 9.69 Å². The lowest BCUT2D eigenvalue weighted by atomic mass is 9.86. The van der Waals surface area contributed by atoms with Crippen molar-refractivity contribution in [2.45, 2.75) is 50.7 Å². The molecule has 0 aromatic heterocycles. The summed E-state index contributed by atoms with van der Waals surface area (Å²) in [6, 6.07) is 8.83. The molecule has 5 heteroatoms. The SMILES string of the molecule is O=C(CN(CCCO)C1CCCc2ccccc21)NCC1CCCO1. The maximum Gasteiger partial charge on any atom is 0.234 e. The fourth-order valence-electron chi connectivity index (χ4n) is 4.00. The molecule has 1 heterocycles. The molecule has 1 amide bonds. The van der Waals surface area contributed by atoms with E-state index in [9.17, 15) is 9.90 Å². The number of rotatable bonds is 8. The number of benzene rings is 1. The van der Waals surface area contributed by atoms with Crippen molar-refractivity contribution in [1.29, 1.82) is 0 Å². The van der Waals surface area contributed by atoms with Gasteiger partial charge in [0.25, 0.3) is 0 Å². The Morgan fingerprint density at radius 1 is 1.28 bits per heavy atom. The molecule has 1 aromatic rings. The lowest BCUT2D eigenvalue weighted by Crippen LogP contribution is -2.42. The van der Waals surface area contributed by atoms with Crippen LogP contribution in [-0.4, -0.2) is 54.9 Å². The number of aryl methyl sites for hydroxylation is 1. The number of amides is 1. The van der Waals surface area contributed by atoms with Crippen molar-refractivity contribution >= 4 is 5.91 Å². The first-order valence-electron chi connectivity index (χ1n) is 9.59. The molecule has 0 spiro atoms. The smallest absolute Gasteiger partial charge is 0.234 e. The van der Waals surface area contributed by atoms with Gasteiger partial charge in [-0.15, -0.1) is 0 Å². The molecule has 1 aliphatic heterocycles. The van der Waals surface area contributed by atoms with Gasteiger partial charge in [-0.2, -0.15) is 0 Å². The van der Waals surface area contributed by atoms with E-state index in [1.165, 1.54) is 11.1 Å².